The topological polar surface area (TPSA) is 55.4 Å². The number of hydrogen-bond donors (Lipinski definition) is 1. The van der Waals surface area contributed by atoms with Gasteiger partial charge in [0.05, 0.1) is 7.11 Å². The molecule has 0 aliphatic carbocycles. The fraction of sp³-hybridized carbons (Fsp3) is 0.429. The molecule has 1 aromatic carbocycles. The molecular formula is C14H19NO3. The Morgan fingerprint density at radius 3 is 2.56 bits per heavy atom. The van der Waals surface area contributed by atoms with E-state index in [1.165, 1.54) is 14.0 Å². The summed E-state index contributed by atoms with van der Waals surface area (Å²) in [5.41, 5.74) is 3.26. The van der Waals surface area contributed by atoms with Crippen molar-refractivity contribution < 1.29 is 14.3 Å². The van der Waals surface area contributed by atoms with Crippen LogP contribution in [0.3, 0.4) is 0 Å². The Hall–Kier alpha value is -1.84. The number of carbonyl (C=O) groups is 2. The first-order valence-corrected chi connectivity index (χ1v) is 5.85. The molecule has 0 radical (unpaired) electrons. The molecule has 1 atom stereocenters. The van der Waals surface area contributed by atoms with Gasteiger partial charge in [-0.2, -0.15) is 0 Å². The Labute approximate surface area is 107 Å². The zero-order valence-corrected chi connectivity index (χ0v) is 11.2. The van der Waals surface area contributed by atoms with Gasteiger partial charge >= 0.3 is 5.97 Å². The zero-order valence-electron chi connectivity index (χ0n) is 11.2. The molecule has 1 aromatic rings. The van der Waals surface area contributed by atoms with Crippen molar-refractivity contribution >= 4 is 11.9 Å². The third-order valence-corrected chi connectivity index (χ3v) is 2.79. The van der Waals surface area contributed by atoms with E-state index in [0.29, 0.717) is 6.42 Å². The van der Waals surface area contributed by atoms with Gasteiger partial charge in [-0.1, -0.05) is 23.8 Å². The minimum Gasteiger partial charge on any atom is -0.467 e. The number of carbonyl (C=O) groups excluding carboxylic acids is 2. The zero-order chi connectivity index (χ0) is 13.7. The van der Waals surface area contributed by atoms with Gasteiger partial charge in [-0.15, -0.1) is 0 Å². The van der Waals surface area contributed by atoms with Crippen LogP contribution in [0.15, 0.2) is 18.2 Å². The molecule has 4 nitrogen and oxygen atoms in total. The minimum atomic E-state index is -0.631. The summed E-state index contributed by atoms with van der Waals surface area (Å²) in [6.07, 6.45) is 0.444. The van der Waals surface area contributed by atoms with E-state index in [4.69, 9.17) is 4.74 Å². The molecule has 0 fully saturated rings. The molecule has 0 aromatic heterocycles. The van der Waals surface area contributed by atoms with Crippen molar-refractivity contribution in [3.8, 4) is 0 Å². The summed E-state index contributed by atoms with van der Waals surface area (Å²) >= 11 is 0. The molecule has 0 bridgehead atoms. The number of nitrogens with one attached hydrogen (secondary N) is 1. The number of hydrogen-bond acceptors (Lipinski definition) is 3. The molecule has 1 N–H and O–H groups in total. The third kappa shape index (κ3) is 3.87. The maximum atomic E-state index is 11.6. The van der Waals surface area contributed by atoms with Crippen molar-refractivity contribution in [1.29, 1.82) is 0 Å². The summed E-state index contributed by atoms with van der Waals surface area (Å²) in [6, 6.07) is 5.41. The normalized spacial score (nSPS) is 11.8. The molecule has 0 saturated carbocycles. The van der Waals surface area contributed by atoms with Gasteiger partial charge in [0.25, 0.3) is 0 Å². The second-order valence-corrected chi connectivity index (χ2v) is 4.41. The van der Waals surface area contributed by atoms with Gasteiger partial charge < -0.3 is 10.1 Å². The summed E-state index contributed by atoms with van der Waals surface area (Å²) < 4.78 is 4.70. The second-order valence-electron chi connectivity index (χ2n) is 4.41. The summed E-state index contributed by atoms with van der Waals surface area (Å²) in [5.74, 6) is -0.665. The van der Waals surface area contributed by atoms with Crippen molar-refractivity contribution in [2.45, 2.75) is 33.2 Å². The maximum Gasteiger partial charge on any atom is 0.328 e. The SMILES string of the molecule is COC(=O)C(Cc1cc(C)ccc1C)NC(C)=O. The van der Waals surface area contributed by atoms with Crippen molar-refractivity contribution in [3.63, 3.8) is 0 Å². The largest absolute Gasteiger partial charge is 0.467 e. The highest BCUT2D eigenvalue weighted by atomic mass is 16.5. The quantitative estimate of drug-likeness (QED) is 0.823. The van der Waals surface area contributed by atoms with Crippen molar-refractivity contribution in [3.05, 3.63) is 34.9 Å². The lowest BCUT2D eigenvalue weighted by molar-refractivity contribution is -0.144. The molecule has 0 spiro atoms. The van der Waals surface area contributed by atoms with Crippen LogP contribution in [0, 0.1) is 13.8 Å². The molecular weight excluding hydrogens is 230 g/mol. The number of aryl methyl sites for hydroxylation is 2. The highest BCUT2D eigenvalue weighted by Gasteiger charge is 2.21. The van der Waals surface area contributed by atoms with Crippen LogP contribution in [0.2, 0.25) is 0 Å². The van der Waals surface area contributed by atoms with Crippen LogP contribution in [0.5, 0.6) is 0 Å². The first-order valence-electron chi connectivity index (χ1n) is 5.85. The van der Waals surface area contributed by atoms with E-state index >= 15 is 0 Å². The monoisotopic (exact) mass is 249 g/mol. The highest BCUT2D eigenvalue weighted by Crippen LogP contribution is 2.13. The standard InChI is InChI=1S/C14H19NO3/c1-9-5-6-10(2)12(7-9)8-13(14(17)18-4)15-11(3)16/h5-7,13H,8H2,1-4H3,(H,15,16). The number of esters is 1. The predicted octanol–water partition coefficient (Wildman–Crippen LogP) is 1.52. The van der Waals surface area contributed by atoms with Crippen LogP contribution >= 0.6 is 0 Å². The Bertz CT molecular complexity index is 454. The van der Waals surface area contributed by atoms with Crippen LogP contribution in [0.25, 0.3) is 0 Å². The summed E-state index contributed by atoms with van der Waals surface area (Å²) in [5, 5.41) is 2.61. The van der Waals surface area contributed by atoms with Crippen molar-refractivity contribution in [1.82, 2.24) is 5.32 Å². The lowest BCUT2D eigenvalue weighted by atomic mass is 9.99. The van der Waals surface area contributed by atoms with E-state index < -0.39 is 12.0 Å². The van der Waals surface area contributed by atoms with Gasteiger partial charge in [0, 0.05) is 13.3 Å². The number of benzene rings is 1. The summed E-state index contributed by atoms with van der Waals surface area (Å²) in [6.45, 7) is 5.37. The minimum absolute atomic E-state index is 0.240. The number of amides is 1. The first kappa shape index (κ1) is 14.2. The van der Waals surface area contributed by atoms with Gasteiger partial charge in [-0.3, -0.25) is 4.79 Å². The number of ether oxygens (including phenoxy) is 1. The van der Waals surface area contributed by atoms with Crippen LogP contribution in [0.1, 0.15) is 23.6 Å². The van der Waals surface area contributed by atoms with E-state index in [-0.39, 0.29) is 5.91 Å². The highest BCUT2D eigenvalue weighted by molar-refractivity contribution is 5.83. The van der Waals surface area contributed by atoms with Gasteiger partial charge in [0.1, 0.15) is 6.04 Å². The molecule has 98 valence electrons. The summed E-state index contributed by atoms with van der Waals surface area (Å²) in [7, 11) is 1.32. The van der Waals surface area contributed by atoms with E-state index in [9.17, 15) is 9.59 Å². The average Bonchev–Trinajstić information content (AvgIpc) is 2.31. The van der Waals surface area contributed by atoms with E-state index in [0.717, 1.165) is 16.7 Å². The van der Waals surface area contributed by atoms with Crippen LogP contribution in [0.4, 0.5) is 0 Å². The van der Waals surface area contributed by atoms with Gasteiger partial charge in [-0.05, 0) is 25.0 Å². The van der Waals surface area contributed by atoms with Crippen molar-refractivity contribution in [2.75, 3.05) is 7.11 Å². The van der Waals surface area contributed by atoms with Crippen LogP contribution < -0.4 is 5.32 Å². The lowest BCUT2D eigenvalue weighted by Crippen LogP contribution is -2.42. The van der Waals surface area contributed by atoms with Gasteiger partial charge in [0.15, 0.2) is 0 Å². The molecule has 4 heteroatoms. The van der Waals surface area contributed by atoms with Crippen LogP contribution in [-0.4, -0.2) is 25.0 Å². The average molecular weight is 249 g/mol. The molecule has 1 amide bonds. The smallest absolute Gasteiger partial charge is 0.328 e. The van der Waals surface area contributed by atoms with Crippen molar-refractivity contribution in [2.24, 2.45) is 0 Å². The first-order chi connectivity index (χ1) is 8.43. The number of rotatable bonds is 4. The molecule has 0 aliphatic heterocycles. The molecule has 1 rings (SSSR count). The molecule has 0 saturated heterocycles. The molecule has 0 heterocycles. The Balaban J connectivity index is 2.91. The number of methoxy groups -OCH3 is 1. The molecule has 18 heavy (non-hydrogen) atoms. The maximum absolute atomic E-state index is 11.6. The molecule has 1 unspecified atom stereocenters. The van der Waals surface area contributed by atoms with E-state index in [1.54, 1.807) is 0 Å². The second kappa shape index (κ2) is 6.19. The molecule has 0 aliphatic rings. The fourth-order valence-corrected chi connectivity index (χ4v) is 1.82. The van der Waals surface area contributed by atoms with Crippen LogP contribution in [-0.2, 0) is 20.7 Å². The predicted molar refractivity (Wildman–Crippen MR) is 69.2 cm³/mol. The fourth-order valence-electron chi connectivity index (χ4n) is 1.82. The summed E-state index contributed by atoms with van der Waals surface area (Å²) in [4.78, 5) is 22.7. The lowest BCUT2D eigenvalue weighted by Gasteiger charge is -2.17. The van der Waals surface area contributed by atoms with Gasteiger partial charge in [0.2, 0.25) is 5.91 Å². The Morgan fingerprint density at radius 2 is 2.00 bits per heavy atom. The third-order valence-electron chi connectivity index (χ3n) is 2.79. The Kier molecular flexibility index (Phi) is 4.89. The van der Waals surface area contributed by atoms with Gasteiger partial charge in [-0.25, -0.2) is 4.79 Å². The van der Waals surface area contributed by atoms with E-state index in [1.807, 2.05) is 32.0 Å². The van der Waals surface area contributed by atoms with E-state index in [2.05, 4.69) is 5.32 Å². The Morgan fingerprint density at radius 1 is 1.33 bits per heavy atom.